The first-order valence-corrected chi connectivity index (χ1v) is 6.73. The number of halogens is 1. The highest BCUT2D eigenvalue weighted by Gasteiger charge is 2.25. The number of phenols is 1. The van der Waals surface area contributed by atoms with Gasteiger partial charge >= 0.3 is 0 Å². The summed E-state index contributed by atoms with van der Waals surface area (Å²) in [7, 11) is 0. The molecule has 0 spiro atoms. The van der Waals surface area contributed by atoms with Gasteiger partial charge in [-0.25, -0.2) is 4.39 Å². The first kappa shape index (κ1) is 14.0. The van der Waals surface area contributed by atoms with Crippen LogP contribution in [0.15, 0.2) is 18.2 Å². The molecule has 1 aliphatic heterocycles. The lowest BCUT2D eigenvalue weighted by Crippen LogP contribution is -2.43. The minimum atomic E-state index is -0.499. The first-order chi connectivity index (χ1) is 8.97. The lowest BCUT2D eigenvalue weighted by Gasteiger charge is -2.35. The van der Waals surface area contributed by atoms with Gasteiger partial charge in [0.15, 0.2) is 5.78 Å². The van der Waals surface area contributed by atoms with Crippen LogP contribution >= 0.6 is 0 Å². The molecule has 0 amide bonds. The van der Waals surface area contributed by atoms with Crippen molar-refractivity contribution in [2.45, 2.75) is 32.7 Å². The molecule has 1 fully saturated rings. The standard InChI is InChI=1S/C15H20FNO2/c1-10-5-6-17(11(2)7-10)9-15(19)13-8-12(16)3-4-14(13)18/h3-4,8,10-11,18H,5-7,9H2,1-2H3. The molecule has 2 unspecified atom stereocenters. The van der Waals surface area contributed by atoms with E-state index in [4.69, 9.17) is 0 Å². The van der Waals surface area contributed by atoms with E-state index in [0.29, 0.717) is 12.0 Å². The summed E-state index contributed by atoms with van der Waals surface area (Å²) < 4.78 is 13.1. The number of hydrogen-bond donors (Lipinski definition) is 1. The number of carbonyl (C=O) groups excluding carboxylic acids is 1. The predicted octanol–water partition coefficient (Wildman–Crippen LogP) is 2.83. The predicted molar refractivity (Wildman–Crippen MR) is 71.8 cm³/mol. The van der Waals surface area contributed by atoms with E-state index in [2.05, 4.69) is 18.7 Å². The summed E-state index contributed by atoms with van der Waals surface area (Å²) in [6, 6.07) is 3.83. The normalized spacial score (nSPS) is 24.4. The highest BCUT2D eigenvalue weighted by Crippen LogP contribution is 2.24. The van der Waals surface area contributed by atoms with Crippen molar-refractivity contribution < 1.29 is 14.3 Å². The smallest absolute Gasteiger partial charge is 0.180 e. The molecule has 1 saturated heterocycles. The van der Waals surface area contributed by atoms with Crippen LogP contribution < -0.4 is 0 Å². The SMILES string of the molecule is CC1CCN(CC(=O)c2cc(F)ccc2O)C(C)C1. The molecule has 0 saturated carbocycles. The van der Waals surface area contributed by atoms with E-state index >= 15 is 0 Å². The van der Waals surface area contributed by atoms with Crippen LogP contribution in [0.4, 0.5) is 4.39 Å². The zero-order valence-corrected chi connectivity index (χ0v) is 11.4. The lowest BCUT2D eigenvalue weighted by molar-refractivity contribution is 0.0813. The summed E-state index contributed by atoms with van der Waals surface area (Å²) in [5.74, 6) is -0.187. The second-order valence-corrected chi connectivity index (χ2v) is 5.53. The quantitative estimate of drug-likeness (QED) is 0.854. The highest BCUT2D eigenvalue weighted by atomic mass is 19.1. The summed E-state index contributed by atoms with van der Waals surface area (Å²) in [5.41, 5.74) is 0.0748. The van der Waals surface area contributed by atoms with Crippen LogP contribution in [0.3, 0.4) is 0 Å². The van der Waals surface area contributed by atoms with E-state index < -0.39 is 5.82 Å². The number of benzene rings is 1. The summed E-state index contributed by atoms with van der Waals surface area (Å²) in [5, 5.41) is 9.64. The van der Waals surface area contributed by atoms with Gasteiger partial charge in [0.25, 0.3) is 0 Å². The number of piperidine rings is 1. The molecule has 1 N–H and O–H groups in total. The van der Waals surface area contributed by atoms with E-state index in [1.165, 1.54) is 6.07 Å². The molecule has 1 aromatic carbocycles. The van der Waals surface area contributed by atoms with Crippen molar-refractivity contribution in [3.63, 3.8) is 0 Å². The van der Waals surface area contributed by atoms with Crippen LogP contribution in [0.5, 0.6) is 5.75 Å². The van der Waals surface area contributed by atoms with E-state index in [-0.39, 0.29) is 23.6 Å². The number of phenolic OH excluding ortho intramolecular Hbond substituents is 1. The molecule has 2 atom stereocenters. The number of rotatable bonds is 3. The topological polar surface area (TPSA) is 40.5 Å². The Morgan fingerprint density at radius 3 is 2.89 bits per heavy atom. The Morgan fingerprint density at radius 1 is 1.47 bits per heavy atom. The van der Waals surface area contributed by atoms with E-state index in [0.717, 1.165) is 31.5 Å². The maximum atomic E-state index is 13.1. The minimum Gasteiger partial charge on any atom is -0.507 e. The molecule has 19 heavy (non-hydrogen) atoms. The Kier molecular flexibility index (Phi) is 4.20. The molecular weight excluding hydrogens is 245 g/mol. The number of nitrogens with zero attached hydrogens (tertiary/aromatic N) is 1. The van der Waals surface area contributed by atoms with Crippen molar-refractivity contribution in [2.24, 2.45) is 5.92 Å². The Balaban J connectivity index is 2.06. The largest absolute Gasteiger partial charge is 0.507 e. The average molecular weight is 265 g/mol. The highest BCUT2D eigenvalue weighted by molar-refractivity contribution is 6.00. The molecule has 0 radical (unpaired) electrons. The molecule has 104 valence electrons. The second kappa shape index (κ2) is 5.70. The zero-order valence-electron chi connectivity index (χ0n) is 11.4. The van der Waals surface area contributed by atoms with Gasteiger partial charge in [-0.05, 0) is 50.4 Å². The van der Waals surface area contributed by atoms with E-state index in [1.54, 1.807) is 0 Å². The molecular formula is C15H20FNO2. The maximum Gasteiger partial charge on any atom is 0.180 e. The lowest BCUT2D eigenvalue weighted by atomic mass is 9.93. The van der Waals surface area contributed by atoms with Crippen molar-refractivity contribution in [1.29, 1.82) is 0 Å². The van der Waals surface area contributed by atoms with Gasteiger partial charge in [-0.15, -0.1) is 0 Å². The summed E-state index contributed by atoms with van der Waals surface area (Å²) in [6.07, 6.45) is 2.15. The van der Waals surface area contributed by atoms with Crippen molar-refractivity contribution in [3.8, 4) is 5.75 Å². The van der Waals surface area contributed by atoms with E-state index in [1.807, 2.05) is 0 Å². The summed E-state index contributed by atoms with van der Waals surface area (Å²) in [4.78, 5) is 14.2. The molecule has 1 heterocycles. The Labute approximate surface area is 113 Å². The maximum absolute atomic E-state index is 13.1. The number of aromatic hydroxyl groups is 1. The fraction of sp³-hybridized carbons (Fsp3) is 0.533. The van der Waals surface area contributed by atoms with Gasteiger partial charge < -0.3 is 5.11 Å². The average Bonchev–Trinajstić information content (AvgIpc) is 2.35. The monoisotopic (exact) mass is 265 g/mol. The second-order valence-electron chi connectivity index (χ2n) is 5.53. The van der Waals surface area contributed by atoms with Crippen LogP contribution in [0.1, 0.15) is 37.0 Å². The van der Waals surface area contributed by atoms with Gasteiger partial charge in [0.05, 0.1) is 12.1 Å². The van der Waals surface area contributed by atoms with Gasteiger partial charge in [-0.1, -0.05) is 6.92 Å². The number of Topliss-reactive ketones (excluding diaryl/α,β-unsaturated/α-hetero) is 1. The number of ketones is 1. The van der Waals surface area contributed by atoms with Crippen LogP contribution in [0.25, 0.3) is 0 Å². The van der Waals surface area contributed by atoms with Crippen LogP contribution in [0.2, 0.25) is 0 Å². The minimum absolute atomic E-state index is 0.0748. The van der Waals surface area contributed by atoms with Gasteiger partial charge in [0.1, 0.15) is 11.6 Å². The van der Waals surface area contributed by atoms with Crippen LogP contribution in [-0.4, -0.2) is 34.9 Å². The fourth-order valence-electron chi connectivity index (χ4n) is 2.69. The molecule has 0 aromatic heterocycles. The third kappa shape index (κ3) is 3.32. The zero-order chi connectivity index (χ0) is 14.0. The van der Waals surface area contributed by atoms with Crippen molar-refractivity contribution in [3.05, 3.63) is 29.6 Å². The van der Waals surface area contributed by atoms with Gasteiger partial charge in [-0.2, -0.15) is 0 Å². The summed E-state index contributed by atoms with van der Waals surface area (Å²) >= 11 is 0. The molecule has 1 aromatic rings. The number of carbonyl (C=O) groups is 1. The van der Waals surface area contributed by atoms with Crippen molar-refractivity contribution in [1.82, 2.24) is 4.90 Å². The Bertz CT molecular complexity index is 475. The first-order valence-electron chi connectivity index (χ1n) is 6.73. The molecule has 4 heteroatoms. The van der Waals surface area contributed by atoms with E-state index in [9.17, 15) is 14.3 Å². The Hall–Kier alpha value is -1.42. The Morgan fingerprint density at radius 2 is 2.21 bits per heavy atom. The van der Waals surface area contributed by atoms with Crippen LogP contribution in [-0.2, 0) is 0 Å². The molecule has 0 aliphatic carbocycles. The molecule has 3 nitrogen and oxygen atoms in total. The van der Waals surface area contributed by atoms with Gasteiger partial charge in [0, 0.05) is 6.04 Å². The van der Waals surface area contributed by atoms with Crippen molar-refractivity contribution in [2.75, 3.05) is 13.1 Å². The van der Waals surface area contributed by atoms with Gasteiger partial charge in [-0.3, -0.25) is 9.69 Å². The number of hydrogen-bond acceptors (Lipinski definition) is 3. The fourth-order valence-corrected chi connectivity index (χ4v) is 2.69. The molecule has 2 rings (SSSR count). The summed E-state index contributed by atoms with van der Waals surface area (Å²) in [6.45, 7) is 5.44. The van der Waals surface area contributed by atoms with Gasteiger partial charge in [0.2, 0.25) is 0 Å². The third-order valence-electron chi connectivity index (χ3n) is 3.88. The third-order valence-corrected chi connectivity index (χ3v) is 3.88. The molecule has 1 aliphatic rings. The molecule has 0 bridgehead atoms. The van der Waals surface area contributed by atoms with Crippen molar-refractivity contribution >= 4 is 5.78 Å². The number of likely N-dealkylation sites (tertiary alicyclic amines) is 1. The van der Waals surface area contributed by atoms with Crippen LogP contribution in [0, 0.1) is 11.7 Å².